The van der Waals surface area contributed by atoms with Crippen LogP contribution in [0.2, 0.25) is 0 Å². The minimum atomic E-state index is -0.333. The Kier molecular flexibility index (Phi) is 4.89. The number of benzene rings is 1. The Morgan fingerprint density at radius 3 is 2.52 bits per heavy atom. The van der Waals surface area contributed by atoms with Crippen molar-refractivity contribution >= 4 is 11.9 Å². The molecule has 0 saturated heterocycles. The van der Waals surface area contributed by atoms with Crippen molar-refractivity contribution in [1.29, 1.82) is 0 Å². The quantitative estimate of drug-likeness (QED) is 0.737. The Morgan fingerprint density at radius 1 is 1.19 bits per heavy atom. The van der Waals surface area contributed by atoms with Crippen LogP contribution in [0.1, 0.15) is 25.5 Å². The number of nitrogens with one attached hydrogen (secondary N) is 1. The molecule has 1 aromatic carbocycles. The van der Waals surface area contributed by atoms with E-state index in [0.29, 0.717) is 0 Å². The number of hydrogen-bond donors (Lipinski definition) is 3. The van der Waals surface area contributed by atoms with E-state index in [9.17, 15) is 5.11 Å². The number of aromatic nitrogens is 3. The van der Waals surface area contributed by atoms with Crippen molar-refractivity contribution in [3.8, 4) is 6.01 Å². The third-order valence-electron chi connectivity index (χ3n) is 2.66. The molecule has 1 unspecified atom stereocenters. The second kappa shape index (κ2) is 6.85. The molecule has 0 aliphatic rings. The molecule has 2 rings (SSSR count). The molecular formula is C14H19N5O2. The summed E-state index contributed by atoms with van der Waals surface area (Å²) in [6.45, 7) is 3.64. The van der Waals surface area contributed by atoms with Crippen molar-refractivity contribution in [2.24, 2.45) is 0 Å². The van der Waals surface area contributed by atoms with Gasteiger partial charge in [-0.3, -0.25) is 0 Å². The Hall–Kier alpha value is -2.41. The van der Waals surface area contributed by atoms with Crippen LogP contribution in [0.15, 0.2) is 30.3 Å². The van der Waals surface area contributed by atoms with E-state index in [-0.39, 0.29) is 36.7 Å². The summed E-state index contributed by atoms with van der Waals surface area (Å²) in [5.41, 5.74) is 6.57. The van der Waals surface area contributed by atoms with Crippen LogP contribution in [0.5, 0.6) is 6.01 Å². The first-order valence-corrected chi connectivity index (χ1v) is 6.69. The number of anilines is 2. The molecule has 7 nitrogen and oxygen atoms in total. The first-order valence-electron chi connectivity index (χ1n) is 6.69. The smallest absolute Gasteiger partial charge is 0.323 e. The number of ether oxygens (including phenoxy) is 1. The lowest BCUT2D eigenvalue weighted by molar-refractivity contribution is 0.222. The molecule has 0 amide bonds. The zero-order chi connectivity index (χ0) is 15.2. The van der Waals surface area contributed by atoms with E-state index >= 15 is 0 Å². The second-order valence-corrected chi connectivity index (χ2v) is 4.76. The number of aliphatic hydroxyl groups excluding tert-OH is 1. The highest BCUT2D eigenvalue weighted by Crippen LogP contribution is 2.18. The fourth-order valence-electron chi connectivity index (χ4n) is 1.78. The average molecular weight is 289 g/mol. The van der Waals surface area contributed by atoms with Gasteiger partial charge in [-0.2, -0.15) is 15.0 Å². The molecule has 0 fully saturated rings. The van der Waals surface area contributed by atoms with Crippen molar-refractivity contribution in [3.05, 3.63) is 35.9 Å². The molecule has 1 heterocycles. The predicted octanol–water partition coefficient (Wildman–Crippen LogP) is 1.39. The third-order valence-corrected chi connectivity index (χ3v) is 2.66. The molecule has 21 heavy (non-hydrogen) atoms. The summed E-state index contributed by atoms with van der Waals surface area (Å²) in [7, 11) is 0. The summed E-state index contributed by atoms with van der Waals surface area (Å²) in [6, 6.07) is 9.34. The van der Waals surface area contributed by atoms with Crippen LogP contribution in [0.4, 0.5) is 11.9 Å². The Balaban J connectivity index is 2.19. The Bertz CT molecular complexity index is 577. The van der Waals surface area contributed by atoms with Crippen molar-refractivity contribution in [2.45, 2.75) is 26.0 Å². The zero-order valence-corrected chi connectivity index (χ0v) is 12.0. The number of nitrogens with two attached hydrogens (primary N) is 1. The van der Waals surface area contributed by atoms with Crippen molar-refractivity contribution in [2.75, 3.05) is 17.7 Å². The fourth-order valence-corrected chi connectivity index (χ4v) is 1.78. The van der Waals surface area contributed by atoms with Gasteiger partial charge in [0.1, 0.15) is 0 Å². The van der Waals surface area contributed by atoms with Crippen molar-refractivity contribution in [3.63, 3.8) is 0 Å². The van der Waals surface area contributed by atoms with Crippen LogP contribution in [0.3, 0.4) is 0 Å². The van der Waals surface area contributed by atoms with Crippen LogP contribution < -0.4 is 15.8 Å². The van der Waals surface area contributed by atoms with E-state index in [1.165, 1.54) is 0 Å². The molecule has 0 bridgehead atoms. The van der Waals surface area contributed by atoms with Gasteiger partial charge >= 0.3 is 6.01 Å². The molecule has 0 aliphatic heterocycles. The molecule has 0 spiro atoms. The van der Waals surface area contributed by atoms with Crippen molar-refractivity contribution < 1.29 is 9.84 Å². The normalized spacial score (nSPS) is 12.2. The number of rotatable bonds is 6. The van der Waals surface area contributed by atoms with Gasteiger partial charge in [-0.1, -0.05) is 30.3 Å². The minimum Gasteiger partial charge on any atom is -0.461 e. The molecule has 0 radical (unpaired) electrons. The van der Waals surface area contributed by atoms with Crippen LogP contribution in [0, 0.1) is 0 Å². The van der Waals surface area contributed by atoms with Crippen molar-refractivity contribution in [1.82, 2.24) is 15.0 Å². The molecule has 112 valence electrons. The lowest BCUT2D eigenvalue weighted by Gasteiger charge is -2.17. The van der Waals surface area contributed by atoms with Gasteiger partial charge in [-0.05, 0) is 19.4 Å². The molecule has 2 aromatic rings. The predicted molar refractivity (Wildman–Crippen MR) is 79.9 cm³/mol. The van der Waals surface area contributed by atoms with Gasteiger partial charge in [-0.25, -0.2) is 0 Å². The van der Waals surface area contributed by atoms with Gasteiger partial charge in [0.25, 0.3) is 0 Å². The number of nitrogens with zero attached hydrogens (tertiary/aromatic N) is 3. The van der Waals surface area contributed by atoms with Crippen LogP contribution in [-0.2, 0) is 0 Å². The van der Waals surface area contributed by atoms with Crippen LogP contribution >= 0.6 is 0 Å². The Morgan fingerprint density at radius 2 is 1.90 bits per heavy atom. The summed E-state index contributed by atoms with van der Waals surface area (Å²) in [6.07, 6.45) is -0.0672. The summed E-state index contributed by atoms with van der Waals surface area (Å²) >= 11 is 0. The maximum Gasteiger partial charge on any atom is 0.323 e. The van der Waals surface area contributed by atoms with Gasteiger partial charge in [0, 0.05) is 0 Å². The molecule has 4 N–H and O–H groups in total. The van der Waals surface area contributed by atoms with Crippen LogP contribution in [0.25, 0.3) is 0 Å². The lowest BCUT2D eigenvalue weighted by Crippen LogP contribution is -2.18. The molecule has 0 saturated carbocycles. The zero-order valence-electron chi connectivity index (χ0n) is 12.0. The number of aliphatic hydroxyl groups is 1. The lowest BCUT2D eigenvalue weighted by atomic mass is 10.1. The van der Waals surface area contributed by atoms with Gasteiger partial charge in [0.2, 0.25) is 11.9 Å². The standard InChI is InChI=1S/C14H19N5O2/c1-9(2)21-14-18-12(15)17-13(19-14)16-11(8-20)10-6-4-3-5-7-10/h3-7,9,11,20H,8H2,1-2H3,(H3,15,16,17,18,19). The summed E-state index contributed by atoms with van der Waals surface area (Å²) < 4.78 is 5.41. The van der Waals surface area contributed by atoms with Gasteiger partial charge in [0.05, 0.1) is 18.8 Å². The molecular weight excluding hydrogens is 270 g/mol. The highest BCUT2D eigenvalue weighted by Gasteiger charge is 2.13. The number of nitrogen functional groups attached to an aromatic ring is 1. The maximum atomic E-state index is 9.53. The average Bonchev–Trinajstić information content (AvgIpc) is 2.44. The molecule has 7 heteroatoms. The van der Waals surface area contributed by atoms with E-state index in [4.69, 9.17) is 10.5 Å². The Labute approximate surface area is 123 Å². The summed E-state index contributed by atoms with van der Waals surface area (Å²) in [4.78, 5) is 12.1. The minimum absolute atomic E-state index is 0.0629. The van der Waals surface area contributed by atoms with E-state index in [0.717, 1.165) is 5.56 Å². The summed E-state index contributed by atoms with van der Waals surface area (Å²) in [5, 5.41) is 12.6. The molecule has 0 aliphatic carbocycles. The first-order chi connectivity index (χ1) is 10.1. The monoisotopic (exact) mass is 289 g/mol. The highest BCUT2D eigenvalue weighted by molar-refractivity contribution is 5.36. The van der Waals surface area contributed by atoms with E-state index < -0.39 is 0 Å². The second-order valence-electron chi connectivity index (χ2n) is 4.76. The fraction of sp³-hybridized carbons (Fsp3) is 0.357. The summed E-state index contributed by atoms with van der Waals surface area (Å²) in [5.74, 6) is 0.328. The van der Waals surface area contributed by atoms with E-state index in [2.05, 4.69) is 20.3 Å². The van der Waals surface area contributed by atoms with Gasteiger partial charge in [0.15, 0.2) is 0 Å². The van der Waals surface area contributed by atoms with Gasteiger partial charge in [-0.15, -0.1) is 0 Å². The molecule has 1 atom stereocenters. The maximum absolute atomic E-state index is 9.53. The SMILES string of the molecule is CC(C)Oc1nc(N)nc(NC(CO)c2ccccc2)n1. The third kappa shape index (κ3) is 4.28. The first kappa shape index (κ1) is 15.0. The van der Waals surface area contributed by atoms with E-state index in [1.54, 1.807) is 0 Å². The topological polar surface area (TPSA) is 106 Å². The van der Waals surface area contributed by atoms with Gasteiger partial charge < -0.3 is 20.9 Å². The van der Waals surface area contributed by atoms with E-state index in [1.807, 2.05) is 44.2 Å². The van der Waals surface area contributed by atoms with Crippen LogP contribution in [-0.4, -0.2) is 32.8 Å². The molecule has 1 aromatic heterocycles. The highest BCUT2D eigenvalue weighted by atomic mass is 16.5. The number of hydrogen-bond acceptors (Lipinski definition) is 7. The largest absolute Gasteiger partial charge is 0.461 e.